The molecule has 0 aromatic rings. The van der Waals surface area contributed by atoms with Gasteiger partial charge in [0.15, 0.2) is 5.96 Å². The Morgan fingerprint density at radius 1 is 0.676 bits per heavy atom. The van der Waals surface area contributed by atoms with Gasteiger partial charge in [0.05, 0.1) is 6.61 Å². The number of rotatable bonds is 26. The summed E-state index contributed by atoms with van der Waals surface area (Å²) < 4.78 is 5.33. The Hall–Kier alpha value is -1.99. The number of nitrogens with one attached hydrogen (secondary N) is 4. The maximum atomic E-state index is 12.6. The molecule has 0 spiro atoms. The average molecular weight is 526 g/mol. The third-order valence-electron chi connectivity index (χ3n) is 6.65. The zero-order valence-electron chi connectivity index (χ0n) is 24.1. The lowest BCUT2D eigenvalue weighted by atomic mass is 10.0. The van der Waals surface area contributed by atoms with E-state index in [1.54, 1.807) is 0 Å². The van der Waals surface area contributed by atoms with E-state index in [2.05, 4.69) is 29.8 Å². The van der Waals surface area contributed by atoms with Crippen LogP contribution in [-0.2, 0) is 9.53 Å². The summed E-state index contributed by atoms with van der Waals surface area (Å²) in [7, 11) is 0. The molecule has 218 valence electrons. The Morgan fingerprint density at radius 3 is 1.65 bits per heavy atom. The van der Waals surface area contributed by atoms with Crippen LogP contribution in [0.3, 0.4) is 0 Å². The third kappa shape index (κ3) is 25.4. The van der Waals surface area contributed by atoms with Gasteiger partial charge in [0.1, 0.15) is 6.04 Å². The molecule has 0 aromatic carbocycles. The minimum atomic E-state index is -0.649. The van der Waals surface area contributed by atoms with Gasteiger partial charge in [-0.1, -0.05) is 117 Å². The second-order valence-corrected chi connectivity index (χ2v) is 10.3. The van der Waals surface area contributed by atoms with E-state index >= 15 is 0 Å². The van der Waals surface area contributed by atoms with Crippen molar-refractivity contribution in [3.63, 3.8) is 0 Å². The summed E-state index contributed by atoms with van der Waals surface area (Å²) in [5.41, 5.74) is 5.31. The normalized spacial score (nSPS) is 11.6. The number of guanidine groups is 1. The Bertz CT molecular complexity index is 560. The van der Waals surface area contributed by atoms with Gasteiger partial charge in [0.25, 0.3) is 0 Å². The highest BCUT2D eigenvalue weighted by Gasteiger charge is 2.20. The first-order valence-corrected chi connectivity index (χ1v) is 15.3. The van der Waals surface area contributed by atoms with Gasteiger partial charge in [0.2, 0.25) is 5.91 Å². The van der Waals surface area contributed by atoms with Crippen molar-refractivity contribution in [1.29, 1.82) is 5.41 Å². The van der Waals surface area contributed by atoms with E-state index in [1.807, 2.05) is 0 Å². The first kappa shape index (κ1) is 35.0. The summed E-state index contributed by atoms with van der Waals surface area (Å²) >= 11 is 0. The molecule has 2 amide bonds. The fourth-order valence-electron chi connectivity index (χ4n) is 4.33. The maximum absolute atomic E-state index is 12.6. The molecule has 0 aliphatic rings. The molecule has 0 rings (SSSR count). The van der Waals surface area contributed by atoms with Crippen molar-refractivity contribution in [2.45, 2.75) is 148 Å². The first-order chi connectivity index (χ1) is 18.0. The van der Waals surface area contributed by atoms with Crippen molar-refractivity contribution in [2.75, 3.05) is 19.7 Å². The van der Waals surface area contributed by atoms with Crippen LogP contribution >= 0.6 is 0 Å². The fraction of sp³-hybridized carbons (Fsp3) is 0.897. The summed E-state index contributed by atoms with van der Waals surface area (Å²) in [6.45, 7) is 5.88. The van der Waals surface area contributed by atoms with Crippen molar-refractivity contribution >= 4 is 18.0 Å². The number of carbonyl (C=O) groups excluding carboxylic acids is 2. The van der Waals surface area contributed by atoms with Gasteiger partial charge in [-0.15, -0.1) is 0 Å². The van der Waals surface area contributed by atoms with Gasteiger partial charge in [-0.05, 0) is 25.7 Å². The van der Waals surface area contributed by atoms with Gasteiger partial charge in [0, 0.05) is 13.1 Å². The predicted octanol–water partition coefficient (Wildman–Crippen LogP) is 6.52. The second-order valence-electron chi connectivity index (χ2n) is 10.3. The molecule has 1 atom stereocenters. The zero-order valence-corrected chi connectivity index (χ0v) is 24.1. The van der Waals surface area contributed by atoms with E-state index in [-0.39, 0.29) is 11.9 Å². The predicted molar refractivity (Wildman–Crippen MR) is 155 cm³/mol. The molecule has 0 radical (unpaired) electrons. The van der Waals surface area contributed by atoms with Crippen molar-refractivity contribution < 1.29 is 14.3 Å². The second kappa shape index (κ2) is 27.1. The van der Waals surface area contributed by atoms with Crippen molar-refractivity contribution in [1.82, 2.24) is 16.0 Å². The smallest absolute Gasteiger partial charge is 0.407 e. The molecule has 0 saturated heterocycles. The number of amides is 2. The molecule has 0 heterocycles. The number of carbonyl (C=O) groups is 2. The van der Waals surface area contributed by atoms with Gasteiger partial charge in [-0.2, -0.15) is 0 Å². The monoisotopic (exact) mass is 525 g/mol. The van der Waals surface area contributed by atoms with Crippen LogP contribution in [-0.4, -0.2) is 43.7 Å². The average Bonchev–Trinajstić information content (AvgIpc) is 2.87. The molecule has 0 saturated carbocycles. The quantitative estimate of drug-likeness (QED) is 0.0498. The summed E-state index contributed by atoms with van der Waals surface area (Å²) in [6, 6.07) is -0.649. The number of ether oxygens (including phenoxy) is 1. The molecule has 37 heavy (non-hydrogen) atoms. The van der Waals surface area contributed by atoms with E-state index in [0.717, 1.165) is 38.5 Å². The minimum absolute atomic E-state index is 0.0996. The Balaban J connectivity index is 3.92. The summed E-state index contributed by atoms with van der Waals surface area (Å²) in [6.07, 6.45) is 22.8. The largest absolute Gasteiger partial charge is 0.450 e. The topological polar surface area (TPSA) is 129 Å². The molecule has 0 aliphatic heterocycles. The SMILES string of the molecule is CCCCCCCCCCCCCCCCOC(=O)N[C@@H](CCCNC(=N)N)C(=O)NCCCCCC. The summed E-state index contributed by atoms with van der Waals surface area (Å²) in [5, 5.41) is 15.6. The molecular formula is C29H59N5O3. The van der Waals surface area contributed by atoms with E-state index in [4.69, 9.17) is 15.9 Å². The summed E-state index contributed by atoms with van der Waals surface area (Å²) in [5.74, 6) is -0.287. The van der Waals surface area contributed by atoms with Gasteiger partial charge < -0.3 is 26.4 Å². The van der Waals surface area contributed by atoms with Crippen LogP contribution in [0.15, 0.2) is 0 Å². The van der Waals surface area contributed by atoms with Crippen molar-refractivity contribution in [3.05, 3.63) is 0 Å². The van der Waals surface area contributed by atoms with Gasteiger partial charge in [-0.25, -0.2) is 4.79 Å². The van der Waals surface area contributed by atoms with Crippen LogP contribution in [0.1, 0.15) is 142 Å². The lowest BCUT2D eigenvalue weighted by Crippen LogP contribution is -2.47. The number of hydrogen-bond acceptors (Lipinski definition) is 4. The van der Waals surface area contributed by atoms with E-state index in [0.29, 0.717) is 32.5 Å². The number of alkyl carbamates (subject to hydrolysis) is 1. The highest BCUT2D eigenvalue weighted by atomic mass is 16.5. The van der Waals surface area contributed by atoms with Crippen LogP contribution in [0.2, 0.25) is 0 Å². The Kier molecular flexibility index (Phi) is 25.6. The van der Waals surface area contributed by atoms with Gasteiger partial charge in [-0.3, -0.25) is 10.2 Å². The van der Waals surface area contributed by atoms with Crippen LogP contribution in [0, 0.1) is 5.41 Å². The number of nitrogens with two attached hydrogens (primary N) is 1. The van der Waals surface area contributed by atoms with Crippen LogP contribution < -0.4 is 21.7 Å². The van der Waals surface area contributed by atoms with Gasteiger partial charge >= 0.3 is 6.09 Å². The molecule has 0 unspecified atom stereocenters. The van der Waals surface area contributed by atoms with E-state index in [9.17, 15) is 9.59 Å². The molecule has 0 aromatic heterocycles. The Labute approximate surface area is 227 Å². The molecule has 6 N–H and O–H groups in total. The number of unbranched alkanes of at least 4 members (excludes halogenated alkanes) is 16. The highest BCUT2D eigenvalue weighted by molar-refractivity contribution is 5.85. The maximum Gasteiger partial charge on any atom is 0.407 e. The molecule has 0 fully saturated rings. The van der Waals surface area contributed by atoms with E-state index < -0.39 is 12.1 Å². The Morgan fingerprint density at radius 2 is 1.14 bits per heavy atom. The minimum Gasteiger partial charge on any atom is -0.450 e. The molecule has 0 aliphatic carbocycles. The lowest BCUT2D eigenvalue weighted by Gasteiger charge is -2.18. The molecular weight excluding hydrogens is 466 g/mol. The van der Waals surface area contributed by atoms with Crippen LogP contribution in [0.5, 0.6) is 0 Å². The standard InChI is InChI=1S/C29H59N5O3/c1-3-5-7-9-10-11-12-13-14-15-16-17-18-20-25-37-29(36)34-26(22-21-24-33-28(30)31)27(35)32-23-19-8-6-4-2/h26H,3-25H2,1-2H3,(H,32,35)(H,34,36)(H4,30,31,33)/t26-/m0/s1. The lowest BCUT2D eigenvalue weighted by molar-refractivity contribution is -0.123. The number of hydrogen-bond donors (Lipinski definition) is 5. The van der Waals surface area contributed by atoms with E-state index in [1.165, 1.54) is 77.0 Å². The fourth-order valence-corrected chi connectivity index (χ4v) is 4.33. The third-order valence-corrected chi connectivity index (χ3v) is 6.65. The van der Waals surface area contributed by atoms with Crippen LogP contribution in [0.25, 0.3) is 0 Å². The van der Waals surface area contributed by atoms with Crippen molar-refractivity contribution in [3.8, 4) is 0 Å². The molecule has 8 heteroatoms. The first-order valence-electron chi connectivity index (χ1n) is 15.3. The molecule has 8 nitrogen and oxygen atoms in total. The summed E-state index contributed by atoms with van der Waals surface area (Å²) in [4.78, 5) is 24.8. The highest BCUT2D eigenvalue weighted by Crippen LogP contribution is 2.13. The van der Waals surface area contributed by atoms with Crippen molar-refractivity contribution in [2.24, 2.45) is 5.73 Å². The zero-order chi connectivity index (χ0) is 27.4. The van der Waals surface area contributed by atoms with Crippen LogP contribution in [0.4, 0.5) is 4.79 Å². The molecule has 0 bridgehead atoms.